The van der Waals surface area contributed by atoms with Crippen molar-refractivity contribution in [2.75, 3.05) is 20.3 Å². The molecule has 0 fully saturated rings. The first-order valence-corrected chi connectivity index (χ1v) is 5.19. The van der Waals surface area contributed by atoms with Crippen molar-refractivity contribution in [1.29, 1.82) is 0 Å². The third-order valence-electron chi connectivity index (χ3n) is 2.10. The molecule has 4 heteroatoms. The van der Waals surface area contributed by atoms with Crippen LogP contribution in [0, 0.1) is 12.3 Å². The fraction of sp³-hybridized carbons (Fsp3) is 0.308. The number of esters is 1. The Morgan fingerprint density at radius 3 is 2.94 bits per heavy atom. The van der Waals surface area contributed by atoms with Crippen molar-refractivity contribution >= 4 is 5.97 Å². The van der Waals surface area contributed by atoms with E-state index in [1.807, 2.05) is 24.3 Å². The Hall–Kier alpha value is -1.99. The number of rotatable bonds is 6. The zero-order chi connectivity index (χ0) is 12.5. The second kappa shape index (κ2) is 7.31. The normalized spacial score (nSPS) is 9.41. The van der Waals surface area contributed by atoms with Crippen LogP contribution in [0.15, 0.2) is 24.3 Å². The Morgan fingerprint density at radius 2 is 2.24 bits per heavy atom. The minimum absolute atomic E-state index is 0.167. The molecule has 0 heterocycles. The highest BCUT2D eigenvalue weighted by molar-refractivity contribution is 5.71. The summed E-state index contributed by atoms with van der Waals surface area (Å²) in [6.45, 7) is 0.920. The summed E-state index contributed by atoms with van der Waals surface area (Å²) in [7, 11) is 1.36. The molecule has 0 aliphatic rings. The molecular formula is C13H15NO3. The SMILES string of the molecule is C#CCOc1ccccc1CNCC(=O)OC. The molecule has 0 amide bonds. The van der Waals surface area contributed by atoms with Gasteiger partial charge >= 0.3 is 5.97 Å². The predicted octanol–water partition coefficient (Wildman–Crippen LogP) is 0.961. The van der Waals surface area contributed by atoms with Gasteiger partial charge in [-0.1, -0.05) is 24.1 Å². The quantitative estimate of drug-likeness (QED) is 0.587. The summed E-state index contributed by atoms with van der Waals surface area (Å²) in [6.07, 6.45) is 5.13. The zero-order valence-corrected chi connectivity index (χ0v) is 9.73. The fourth-order valence-corrected chi connectivity index (χ4v) is 1.28. The smallest absolute Gasteiger partial charge is 0.319 e. The van der Waals surface area contributed by atoms with Crippen LogP contribution in [0.5, 0.6) is 5.75 Å². The molecule has 0 bridgehead atoms. The molecule has 0 saturated heterocycles. The largest absolute Gasteiger partial charge is 0.481 e. The topological polar surface area (TPSA) is 47.6 Å². The standard InChI is InChI=1S/C13H15NO3/c1-3-8-17-12-7-5-4-6-11(12)9-14-10-13(15)16-2/h1,4-7,14H,8-10H2,2H3. The van der Waals surface area contributed by atoms with E-state index in [9.17, 15) is 4.79 Å². The van der Waals surface area contributed by atoms with Crippen LogP contribution in [0.1, 0.15) is 5.56 Å². The number of carbonyl (C=O) groups is 1. The molecule has 0 saturated carbocycles. The van der Waals surface area contributed by atoms with Gasteiger partial charge in [0.05, 0.1) is 13.7 Å². The number of nitrogens with one attached hydrogen (secondary N) is 1. The highest BCUT2D eigenvalue weighted by Crippen LogP contribution is 2.17. The molecule has 0 spiro atoms. The molecule has 1 aromatic carbocycles. The lowest BCUT2D eigenvalue weighted by atomic mass is 10.2. The number of para-hydroxylation sites is 1. The average molecular weight is 233 g/mol. The lowest BCUT2D eigenvalue weighted by Gasteiger charge is -2.09. The van der Waals surface area contributed by atoms with Gasteiger partial charge in [-0.2, -0.15) is 0 Å². The number of carbonyl (C=O) groups excluding carboxylic acids is 1. The maximum atomic E-state index is 10.9. The number of hydrogen-bond acceptors (Lipinski definition) is 4. The Balaban J connectivity index is 2.52. The lowest BCUT2D eigenvalue weighted by molar-refractivity contribution is -0.139. The molecule has 0 aliphatic heterocycles. The fourth-order valence-electron chi connectivity index (χ4n) is 1.28. The summed E-state index contributed by atoms with van der Waals surface area (Å²) in [4.78, 5) is 10.9. The molecule has 1 N–H and O–H groups in total. The first-order chi connectivity index (χ1) is 8.27. The molecule has 0 radical (unpaired) electrons. The van der Waals surface area contributed by atoms with Crippen molar-refractivity contribution in [3.8, 4) is 18.1 Å². The molecule has 0 aromatic heterocycles. The van der Waals surface area contributed by atoms with Crippen molar-refractivity contribution in [3.63, 3.8) is 0 Å². The summed E-state index contributed by atoms with van der Waals surface area (Å²) >= 11 is 0. The molecule has 1 rings (SSSR count). The van der Waals surface area contributed by atoms with Gasteiger partial charge < -0.3 is 14.8 Å². The third-order valence-corrected chi connectivity index (χ3v) is 2.10. The Labute approximate surface area is 101 Å². The Bertz CT molecular complexity index is 409. The van der Waals surface area contributed by atoms with E-state index in [1.54, 1.807) is 0 Å². The van der Waals surface area contributed by atoms with Crippen LogP contribution in [-0.2, 0) is 16.1 Å². The van der Waals surface area contributed by atoms with Crippen LogP contribution >= 0.6 is 0 Å². The van der Waals surface area contributed by atoms with Gasteiger partial charge in [0, 0.05) is 12.1 Å². The number of terminal acetylenes is 1. The van der Waals surface area contributed by atoms with Gasteiger partial charge in [0.25, 0.3) is 0 Å². The van der Waals surface area contributed by atoms with E-state index in [2.05, 4.69) is 16.0 Å². The average Bonchev–Trinajstić information content (AvgIpc) is 2.37. The zero-order valence-electron chi connectivity index (χ0n) is 9.73. The van der Waals surface area contributed by atoms with E-state index in [0.29, 0.717) is 6.54 Å². The molecular weight excluding hydrogens is 218 g/mol. The van der Waals surface area contributed by atoms with Crippen LogP contribution in [-0.4, -0.2) is 26.2 Å². The monoisotopic (exact) mass is 233 g/mol. The van der Waals surface area contributed by atoms with Gasteiger partial charge in [-0.05, 0) is 6.07 Å². The summed E-state index contributed by atoms with van der Waals surface area (Å²) in [6, 6.07) is 7.52. The second-order valence-electron chi connectivity index (χ2n) is 3.28. The first-order valence-electron chi connectivity index (χ1n) is 5.19. The number of hydrogen-bond donors (Lipinski definition) is 1. The van der Waals surface area contributed by atoms with E-state index in [1.165, 1.54) is 7.11 Å². The highest BCUT2D eigenvalue weighted by atomic mass is 16.5. The molecule has 1 aromatic rings. The van der Waals surface area contributed by atoms with Crippen LogP contribution in [0.4, 0.5) is 0 Å². The van der Waals surface area contributed by atoms with E-state index in [0.717, 1.165) is 11.3 Å². The third kappa shape index (κ3) is 4.58. The second-order valence-corrected chi connectivity index (χ2v) is 3.28. The van der Waals surface area contributed by atoms with Crippen molar-refractivity contribution in [1.82, 2.24) is 5.32 Å². The maximum Gasteiger partial charge on any atom is 0.319 e. The minimum Gasteiger partial charge on any atom is -0.481 e. The van der Waals surface area contributed by atoms with Gasteiger partial charge in [-0.25, -0.2) is 0 Å². The van der Waals surface area contributed by atoms with Gasteiger partial charge in [-0.3, -0.25) is 4.79 Å². The summed E-state index contributed by atoms with van der Waals surface area (Å²) in [5.41, 5.74) is 0.951. The van der Waals surface area contributed by atoms with Crippen molar-refractivity contribution < 1.29 is 14.3 Å². The molecule has 90 valence electrons. The number of methoxy groups -OCH3 is 1. The highest BCUT2D eigenvalue weighted by Gasteiger charge is 2.03. The summed E-state index contributed by atoms with van der Waals surface area (Å²) in [5.74, 6) is 2.84. The summed E-state index contributed by atoms with van der Waals surface area (Å²) in [5, 5.41) is 2.96. The number of ether oxygens (including phenoxy) is 2. The number of benzene rings is 1. The first kappa shape index (κ1) is 13.1. The Morgan fingerprint density at radius 1 is 1.47 bits per heavy atom. The van der Waals surface area contributed by atoms with Gasteiger partial charge in [0.2, 0.25) is 0 Å². The maximum absolute atomic E-state index is 10.9. The minimum atomic E-state index is -0.299. The van der Waals surface area contributed by atoms with E-state index in [-0.39, 0.29) is 19.1 Å². The molecule has 0 aliphatic carbocycles. The van der Waals surface area contributed by atoms with E-state index < -0.39 is 0 Å². The molecule has 17 heavy (non-hydrogen) atoms. The van der Waals surface area contributed by atoms with Crippen molar-refractivity contribution in [2.24, 2.45) is 0 Å². The van der Waals surface area contributed by atoms with Gasteiger partial charge in [-0.15, -0.1) is 6.42 Å². The lowest BCUT2D eigenvalue weighted by Crippen LogP contribution is -2.23. The van der Waals surface area contributed by atoms with Gasteiger partial charge in [0.15, 0.2) is 0 Å². The van der Waals surface area contributed by atoms with Gasteiger partial charge in [0.1, 0.15) is 12.4 Å². The summed E-state index contributed by atoms with van der Waals surface area (Å²) < 4.78 is 9.90. The van der Waals surface area contributed by atoms with Crippen LogP contribution in [0.25, 0.3) is 0 Å². The molecule has 4 nitrogen and oxygen atoms in total. The van der Waals surface area contributed by atoms with Crippen LogP contribution < -0.4 is 10.1 Å². The van der Waals surface area contributed by atoms with Crippen molar-refractivity contribution in [2.45, 2.75) is 6.54 Å². The van der Waals surface area contributed by atoms with Crippen LogP contribution in [0.2, 0.25) is 0 Å². The van der Waals surface area contributed by atoms with E-state index in [4.69, 9.17) is 11.2 Å². The van der Waals surface area contributed by atoms with Crippen LogP contribution in [0.3, 0.4) is 0 Å². The predicted molar refractivity (Wildman–Crippen MR) is 64.5 cm³/mol. The Kier molecular flexibility index (Phi) is 5.62. The molecule has 0 unspecified atom stereocenters. The van der Waals surface area contributed by atoms with Crippen molar-refractivity contribution in [3.05, 3.63) is 29.8 Å². The van der Waals surface area contributed by atoms with E-state index >= 15 is 0 Å². The molecule has 0 atom stereocenters.